The van der Waals surface area contributed by atoms with E-state index in [-0.39, 0.29) is 28.4 Å². The third kappa shape index (κ3) is 5.21. The van der Waals surface area contributed by atoms with E-state index in [4.69, 9.17) is 11.6 Å². The Hall–Kier alpha value is -3.06. The fourth-order valence-electron chi connectivity index (χ4n) is 2.31. The molecule has 3 rings (SSSR count). The highest BCUT2D eigenvalue weighted by Crippen LogP contribution is 2.21. The van der Waals surface area contributed by atoms with Gasteiger partial charge in [-0.2, -0.15) is 0 Å². The molecule has 0 radical (unpaired) electrons. The monoisotopic (exact) mass is 388 g/mol. The lowest BCUT2D eigenvalue weighted by Gasteiger charge is -2.08. The summed E-state index contributed by atoms with van der Waals surface area (Å²) in [4.78, 5) is 20.4. The molecule has 0 aliphatic heterocycles. The van der Waals surface area contributed by atoms with E-state index in [2.05, 4.69) is 20.6 Å². The van der Waals surface area contributed by atoms with Crippen LogP contribution < -0.4 is 10.6 Å². The van der Waals surface area contributed by atoms with Crippen LogP contribution in [0.25, 0.3) is 0 Å². The van der Waals surface area contributed by atoms with Crippen molar-refractivity contribution >= 4 is 29.1 Å². The molecule has 8 heteroatoms. The molecule has 27 heavy (non-hydrogen) atoms. The molecular formula is C19H15ClF2N4O. The van der Waals surface area contributed by atoms with Crippen molar-refractivity contribution in [2.45, 2.75) is 6.42 Å². The molecule has 0 aliphatic carbocycles. The molecular weight excluding hydrogens is 374 g/mol. The predicted molar refractivity (Wildman–Crippen MR) is 99.2 cm³/mol. The lowest BCUT2D eigenvalue weighted by molar-refractivity contribution is 0.0949. The van der Waals surface area contributed by atoms with Crippen LogP contribution in [0.4, 0.5) is 20.4 Å². The second-order valence-corrected chi connectivity index (χ2v) is 6.06. The average Bonchev–Trinajstić information content (AvgIpc) is 2.66. The minimum Gasteiger partial charge on any atom is -0.350 e. The van der Waals surface area contributed by atoms with Crippen molar-refractivity contribution in [2.24, 2.45) is 0 Å². The molecule has 0 bridgehead atoms. The van der Waals surface area contributed by atoms with Gasteiger partial charge in [0.15, 0.2) is 0 Å². The van der Waals surface area contributed by atoms with E-state index in [0.29, 0.717) is 18.7 Å². The number of aromatic nitrogens is 2. The standard InChI is InChI=1S/C19H15ClF2N4O/c20-15-11-14(5-6-16(15)22)25-19-24-10-8-17(26-19)18(27)23-9-7-12-1-3-13(21)4-2-12/h1-6,8,10-11H,7,9H2,(H,23,27)(H,24,25,26). The molecule has 0 spiro atoms. The van der Waals surface area contributed by atoms with E-state index in [9.17, 15) is 13.6 Å². The maximum atomic E-state index is 13.2. The number of carbonyl (C=O) groups excluding carboxylic acids is 1. The van der Waals surface area contributed by atoms with Gasteiger partial charge in [0.2, 0.25) is 5.95 Å². The fourth-order valence-corrected chi connectivity index (χ4v) is 2.49. The number of amides is 1. The Kier molecular flexibility index (Phi) is 5.93. The topological polar surface area (TPSA) is 66.9 Å². The molecule has 0 aliphatic rings. The first-order chi connectivity index (χ1) is 13.0. The van der Waals surface area contributed by atoms with Gasteiger partial charge < -0.3 is 10.6 Å². The zero-order chi connectivity index (χ0) is 19.2. The van der Waals surface area contributed by atoms with Gasteiger partial charge in [-0.3, -0.25) is 4.79 Å². The Morgan fingerprint density at radius 2 is 1.85 bits per heavy atom. The van der Waals surface area contributed by atoms with Crippen molar-refractivity contribution in [1.29, 1.82) is 0 Å². The molecule has 0 saturated carbocycles. The van der Waals surface area contributed by atoms with Crippen LogP contribution in [0.15, 0.2) is 54.7 Å². The third-order valence-corrected chi connectivity index (χ3v) is 3.97. The highest BCUT2D eigenvalue weighted by molar-refractivity contribution is 6.31. The minimum absolute atomic E-state index is 0.0327. The zero-order valence-corrected chi connectivity index (χ0v) is 14.8. The predicted octanol–water partition coefficient (Wildman–Crippen LogP) is 4.12. The molecule has 2 aromatic carbocycles. The van der Waals surface area contributed by atoms with E-state index in [1.165, 1.54) is 42.6 Å². The zero-order valence-electron chi connectivity index (χ0n) is 14.0. The van der Waals surface area contributed by atoms with Crippen molar-refractivity contribution in [2.75, 3.05) is 11.9 Å². The second kappa shape index (κ2) is 8.55. The van der Waals surface area contributed by atoms with E-state index in [0.717, 1.165) is 5.56 Å². The van der Waals surface area contributed by atoms with Gasteiger partial charge >= 0.3 is 0 Å². The van der Waals surface area contributed by atoms with Gasteiger partial charge in [-0.1, -0.05) is 23.7 Å². The molecule has 2 N–H and O–H groups in total. The van der Waals surface area contributed by atoms with Crippen molar-refractivity contribution < 1.29 is 13.6 Å². The first kappa shape index (κ1) is 18.7. The smallest absolute Gasteiger partial charge is 0.270 e. The SMILES string of the molecule is O=C(NCCc1ccc(F)cc1)c1ccnc(Nc2ccc(F)c(Cl)c2)n1. The number of carbonyl (C=O) groups is 1. The summed E-state index contributed by atoms with van der Waals surface area (Å²) in [7, 11) is 0. The van der Waals surface area contributed by atoms with Crippen LogP contribution in [0.5, 0.6) is 0 Å². The number of benzene rings is 2. The molecule has 138 valence electrons. The number of anilines is 2. The van der Waals surface area contributed by atoms with Gasteiger partial charge in [0.1, 0.15) is 17.3 Å². The minimum atomic E-state index is -0.530. The Morgan fingerprint density at radius 1 is 1.07 bits per heavy atom. The summed E-state index contributed by atoms with van der Waals surface area (Å²) < 4.78 is 26.1. The normalized spacial score (nSPS) is 10.5. The highest BCUT2D eigenvalue weighted by atomic mass is 35.5. The van der Waals surface area contributed by atoms with Crippen molar-refractivity contribution in [3.05, 3.63) is 82.6 Å². The van der Waals surface area contributed by atoms with Crippen LogP contribution in [0.3, 0.4) is 0 Å². The lowest BCUT2D eigenvalue weighted by Crippen LogP contribution is -2.26. The average molecular weight is 389 g/mol. The Morgan fingerprint density at radius 3 is 2.59 bits per heavy atom. The van der Waals surface area contributed by atoms with E-state index >= 15 is 0 Å². The van der Waals surface area contributed by atoms with Gasteiger partial charge in [0, 0.05) is 18.4 Å². The van der Waals surface area contributed by atoms with Gasteiger partial charge in [-0.15, -0.1) is 0 Å². The molecule has 0 saturated heterocycles. The maximum Gasteiger partial charge on any atom is 0.270 e. The number of halogens is 3. The van der Waals surface area contributed by atoms with E-state index in [1.54, 1.807) is 12.1 Å². The van der Waals surface area contributed by atoms with Crippen molar-refractivity contribution in [1.82, 2.24) is 15.3 Å². The molecule has 5 nitrogen and oxygen atoms in total. The first-order valence-corrected chi connectivity index (χ1v) is 8.47. The van der Waals surface area contributed by atoms with Crippen LogP contribution in [0, 0.1) is 11.6 Å². The Labute approximate surface area is 159 Å². The van der Waals surface area contributed by atoms with Gasteiger partial charge in [-0.25, -0.2) is 18.7 Å². The maximum absolute atomic E-state index is 13.2. The van der Waals surface area contributed by atoms with Gasteiger partial charge in [0.25, 0.3) is 5.91 Å². The summed E-state index contributed by atoms with van der Waals surface area (Å²) in [6.07, 6.45) is 2.01. The van der Waals surface area contributed by atoms with Gasteiger partial charge in [0.05, 0.1) is 5.02 Å². The molecule has 0 fully saturated rings. The fraction of sp³-hybridized carbons (Fsp3) is 0.105. The largest absolute Gasteiger partial charge is 0.350 e. The van der Waals surface area contributed by atoms with Crippen molar-refractivity contribution in [3.8, 4) is 0 Å². The highest BCUT2D eigenvalue weighted by Gasteiger charge is 2.09. The summed E-state index contributed by atoms with van der Waals surface area (Å²) in [5.74, 6) is -1.01. The van der Waals surface area contributed by atoms with Crippen LogP contribution >= 0.6 is 11.6 Å². The van der Waals surface area contributed by atoms with Crippen LogP contribution in [-0.2, 0) is 6.42 Å². The molecule has 3 aromatic rings. The van der Waals surface area contributed by atoms with E-state index in [1.807, 2.05) is 0 Å². The third-order valence-electron chi connectivity index (χ3n) is 3.68. The number of hydrogen-bond donors (Lipinski definition) is 2. The van der Waals surface area contributed by atoms with Crippen LogP contribution in [-0.4, -0.2) is 22.4 Å². The summed E-state index contributed by atoms with van der Waals surface area (Å²) >= 11 is 5.74. The molecule has 1 amide bonds. The molecule has 0 unspecified atom stereocenters. The second-order valence-electron chi connectivity index (χ2n) is 5.65. The van der Waals surface area contributed by atoms with Crippen molar-refractivity contribution in [3.63, 3.8) is 0 Å². The summed E-state index contributed by atoms with van der Waals surface area (Å²) in [6, 6.07) is 11.7. The molecule has 1 heterocycles. The number of nitrogens with zero attached hydrogens (tertiary/aromatic N) is 2. The Bertz CT molecular complexity index is 951. The number of rotatable bonds is 6. The summed E-state index contributed by atoms with van der Waals surface area (Å²) in [5.41, 5.74) is 1.59. The lowest BCUT2D eigenvalue weighted by atomic mass is 10.1. The van der Waals surface area contributed by atoms with E-state index < -0.39 is 5.82 Å². The van der Waals surface area contributed by atoms with Crippen LogP contribution in [0.1, 0.15) is 16.1 Å². The quantitative estimate of drug-likeness (QED) is 0.666. The number of nitrogens with one attached hydrogen (secondary N) is 2. The summed E-state index contributed by atoms with van der Waals surface area (Å²) in [6.45, 7) is 0.380. The summed E-state index contributed by atoms with van der Waals surface area (Å²) in [5, 5.41) is 5.58. The Balaban J connectivity index is 1.59. The van der Waals surface area contributed by atoms with Crippen LogP contribution in [0.2, 0.25) is 5.02 Å². The molecule has 0 atom stereocenters. The molecule has 1 aromatic heterocycles. The first-order valence-electron chi connectivity index (χ1n) is 8.09. The number of hydrogen-bond acceptors (Lipinski definition) is 4. The van der Waals surface area contributed by atoms with Gasteiger partial charge in [-0.05, 0) is 48.4 Å².